The fourth-order valence-corrected chi connectivity index (χ4v) is 6.91. The van der Waals surface area contributed by atoms with E-state index < -0.39 is 0 Å². The van der Waals surface area contributed by atoms with Crippen molar-refractivity contribution in [3.05, 3.63) is 141 Å². The van der Waals surface area contributed by atoms with Crippen molar-refractivity contribution < 1.29 is 13.4 Å². The second-order valence-electron chi connectivity index (χ2n) is 25.2. The molecule has 103 heavy (non-hydrogen) atoms. The highest BCUT2D eigenvalue weighted by Crippen LogP contribution is 2.13. The highest BCUT2D eigenvalue weighted by molar-refractivity contribution is 5.76. The summed E-state index contributed by atoms with van der Waals surface area (Å²) in [4.78, 5) is 9.28. The summed E-state index contributed by atoms with van der Waals surface area (Å²) in [6.07, 6.45) is 52.0. The summed E-state index contributed by atoms with van der Waals surface area (Å²) < 4.78 is 14.0. The minimum atomic E-state index is 0.903. The molecule has 7 aromatic rings. The molecule has 1 fully saturated rings. The van der Waals surface area contributed by atoms with E-state index in [4.69, 9.17) is 4.42 Å². The number of nitrogens with zero attached hydrogens (tertiary/aromatic N) is 3. The number of aromatic amines is 3. The number of aromatic nitrogens is 6. The van der Waals surface area contributed by atoms with Gasteiger partial charge >= 0.3 is 0 Å². The van der Waals surface area contributed by atoms with Crippen LogP contribution in [0.4, 0.5) is 0 Å². The van der Waals surface area contributed by atoms with Gasteiger partial charge in [0.15, 0.2) is 0 Å². The predicted octanol–water partition coefficient (Wildman–Crippen LogP) is 33.1. The molecule has 0 aliphatic carbocycles. The zero-order chi connectivity index (χ0) is 81.9. The van der Waals surface area contributed by atoms with Crippen LogP contribution >= 0.6 is 0 Å². The molecule has 0 amide bonds. The Kier molecular flexibility index (Phi) is 169. The molecule has 5 N–H and O–H groups in total. The lowest BCUT2D eigenvalue weighted by Crippen LogP contribution is -2.37. The topological polar surface area (TPSA) is 150 Å². The van der Waals surface area contributed by atoms with E-state index in [1.54, 1.807) is 62.2 Å². The molecule has 7 heterocycles. The van der Waals surface area contributed by atoms with Gasteiger partial charge in [0.25, 0.3) is 0 Å². The summed E-state index contributed by atoms with van der Waals surface area (Å²) in [7, 11) is 0. The molecule has 1 aliphatic heterocycles. The van der Waals surface area contributed by atoms with Crippen molar-refractivity contribution >= 4 is 11.0 Å². The Balaban J connectivity index is -0.0000000761. The van der Waals surface area contributed by atoms with Crippen LogP contribution in [0.25, 0.3) is 11.0 Å². The Morgan fingerprint density at radius 3 is 0.835 bits per heavy atom. The Morgan fingerprint density at radius 2 is 0.689 bits per heavy atom. The number of fused-ring (bicyclic) bond motifs is 1. The third-order valence-electron chi connectivity index (χ3n) is 12.4. The molecule has 0 spiro atoms. The standard InChI is InChI=1S/C8H6O.7C7H16.C4H10N2.C4H5N.C4H4O.2C3H4N2.C3H3NO.7C2H6/c1-2-4-8-7(3-1)5-6-9-8;7*1-4-5-6-7(2)3;1-2-4-6-5-3-1;2*1-2-4-5-3-1;1-2-5-3-4-1;2*1-2-4-5-3-1;7*1-2/h1-6H;7*7H,4-6H2,1-3H3;5-6H,1-4H2;1-5H;1-4H;2*1-3H,(H,4,5);1-3H;7*1-2H3. The molecule has 8 rings (SSSR count). The highest BCUT2D eigenvalue weighted by Gasteiger charge is 1.95. The number of hydrogen-bond donors (Lipinski definition) is 5. The average molecular weight is 1460 g/mol. The zero-order valence-electron chi connectivity index (χ0n) is 76.1. The third kappa shape index (κ3) is 174. The van der Waals surface area contributed by atoms with Gasteiger partial charge in [0, 0.05) is 55.7 Å². The predicted molar refractivity (Wildman–Crippen MR) is 475 cm³/mol. The maximum Gasteiger partial charge on any atom is 0.133 e. The van der Waals surface area contributed by atoms with Crippen molar-refractivity contribution in [1.82, 2.24) is 41.2 Å². The van der Waals surface area contributed by atoms with Gasteiger partial charge in [-0.15, -0.1) is 0 Å². The number of nitrogens with one attached hydrogen (secondary N) is 5. The fraction of sp³-hybridized carbons (Fsp3) is 0.728. The summed E-state index contributed by atoms with van der Waals surface area (Å²) in [5, 5.41) is 10.7. The number of hydrazine groups is 1. The number of unbranched alkanes of at least 4 members (excludes halogenated alkanes) is 7. The molecule has 0 radical (unpaired) electrons. The number of H-pyrrole nitrogens is 3. The highest BCUT2D eigenvalue weighted by atomic mass is 16.5. The maximum atomic E-state index is 5.12. The van der Waals surface area contributed by atoms with Crippen molar-refractivity contribution in [3.63, 3.8) is 0 Å². The van der Waals surface area contributed by atoms with Gasteiger partial charge in [-0.1, -0.05) is 401 Å². The molecule has 1 aliphatic rings. The number of rotatable bonds is 21. The Bertz CT molecular complexity index is 1610. The van der Waals surface area contributed by atoms with Gasteiger partial charge in [0.1, 0.15) is 11.8 Å². The molecule has 0 saturated carbocycles. The normalized spacial score (nSPS) is 9.53. The van der Waals surface area contributed by atoms with Gasteiger partial charge in [0.05, 0.1) is 31.3 Å². The van der Waals surface area contributed by atoms with Crippen LogP contribution in [0.15, 0.2) is 155 Å². The number of para-hydroxylation sites is 1. The van der Waals surface area contributed by atoms with E-state index in [2.05, 4.69) is 195 Å². The van der Waals surface area contributed by atoms with Crippen molar-refractivity contribution in [2.45, 2.75) is 390 Å². The third-order valence-corrected chi connectivity index (χ3v) is 12.4. The number of furan rings is 2. The van der Waals surface area contributed by atoms with Crippen molar-refractivity contribution in [1.29, 1.82) is 0 Å². The smallest absolute Gasteiger partial charge is 0.133 e. The summed E-state index contributed by atoms with van der Waals surface area (Å²) in [6.45, 7) is 77.8. The van der Waals surface area contributed by atoms with Crippen LogP contribution in [-0.2, 0) is 0 Å². The van der Waals surface area contributed by atoms with Crippen LogP contribution in [0, 0.1) is 41.4 Å². The molecule has 0 bridgehead atoms. The first kappa shape index (κ1) is 128. The Hall–Kier alpha value is -5.13. The van der Waals surface area contributed by atoms with E-state index >= 15 is 0 Å². The molecule has 1 aromatic carbocycles. The first-order valence-corrected chi connectivity index (χ1v) is 42.5. The first-order valence-electron chi connectivity index (χ1n) is 42.5. The molecular formula is C92H190N8O3. The van der Waals surface area contributed by atoms with Gasteiger partial charge in [-0.25, -0.2) is 4.98 Å². The average Bonchev–Trinajstić information content (AvgIpc) is 1.75. The summed E-state index contributed by atoms with van der Waals surface area (Å²) in [5.41, 5.74) is 7.03. The lowest BCUT2D eigenvalue weighted by molar-refractivity contribution is 0.420. The van der Waals surface area contributed by atoms with E-state index in [1.165, 1.54) is 154 Å². The van der Waals surface area contributed by atoms with Gasteiger partial charge in [0.2, 0.25) is 0 Å². The molecule has 1 saturated heterocycles. The van der Waals surface area contributed by atoms with Crippen LogP contribution in [0.5, 0.6) is 0 Å². The zero-order valence-corrected chi connectivity index (χ0v) is 76.1. The Labute approximate surface area is 648 Å². The van der Waals surface area contributed by atoms with E-state index in [0.29, 0.717) is 0 Å². The van der Waals surface area contributed by atoms with Crippen molar-refractivity contribution in [2.75, 3.05) is 13.1 Å². The second kappa shape index (κ2) is 136. The van der Waals surface area contributed by atoms with Crippen LogP contribution in [0.1, 0.15) is 390 Å². The SMILES string of the molecule is C1CCNNC1.CC.CC.CC.CC.CC.CC.CC.CCCCC(C)C.CCCCC(C)C.CCCCC(C)C.CCCCC(C)C.CCCCC(C)C.CCCCC(C)C.CCCCC(C)C.c1c[nH]cn1.c1cc[nH]c1.c1ccc2occc2c1.c1ccoc1.c1cn[nH]c1.c1cnoc1. The number of imidazole rings is 1. The van der Waals surface area contributed by atoms with Crippen LogP contribution < -0.4 is 10.9 Å². The summed E-state index contributed by atoms with van der Waals surface area (Å²) in [6, 6.07) is 21.0. The quantitative estimate of drug-likeness (QED) is 0.0477. The van der Waals surface area contributed by atoms with Gasteiger partial charge < -0.3 is 23.3 Å². The summed E-state index contributed by atoms with van der Waals surface area (Å²) >= 11 is 0. The van der Waals surface area contributed by atoms with Gasteiger partial charge in [-0.2, -0.15) is 5.10 Å². The minimum Gasteiger partial charge on any atom is -0.473 e. The molecule has 11 heteroatoms. The van der Waals surface area contributed by atoms with Crippen molar-refractivity contribution in [2.24, 2.45) is 41.4 Å². The molecule has 0 unspecified atom stereocenters. The van der Waals surface area contributed by atoms with E-state index in [9.17, 15) is 0 Å². The van der Waals surface area contributed by atoms with E-state index in [1.807, 2.05) is 170 Å². The maximum absolute atomic E-state index is 5.12. The monoisotopic (exact) mass is 1460 g/mol. The van der Waals surface area contributed by atoms with E-state index in [-0.39, 0.29) is 0 Å². The van der Waals surface area contributed by atoms with Crippen LogP contribution in [0.2, 0.25) is 0 Å². The van der Waals surface area contributed by atoms with E-state index in [0.717, 1.165) is 65.5 Å². The minimum absolute atomic E-state index is 0.903. The molecule has 0 atom stereocenters. The lowest BCUT2D eigenvalue weighted by Gasteiger charge is -2.10. The van der Waals surface area contributed by atoms with Crippen molar-refractivity contribution in [3.8, 4) is 0 Å². The largest absolute Gasteiger partial charge is 0.473 e. The fourth-order valence-electron chi connectivity index (χ4n) is 6.91. The first-order chi connectivity index (χ1) is 49.9. The number of hydrogen-bond acceptors (Lipinski definition) is 8. The summed E-state index contributed by atoms with van der Waals surface area (Å²) in [5.74, 6) is 6.32. The lowest BCUT2D eigenvalue weighted by atomic mass is 10.1. The molecule has 6 aromatic heterocycles. The number of benzene rings is 1. The van der Waals surface area contributed by atoms with Crippen LogP contribution in [-0.4, -0.2) is 43.4 Å². The van der Waals surface area contributed by atoms with Gasteiger partial charge in [-0.3, -0.25) is 16.0 Å². The molecular weight excluding hydrogens is 1270 g/mol. The second-order valence-corrected chi connectivity index (χ2v) is 25.2. The Morgan fingerprint density at radius 1 is 0.340 bits per heavy atom. The van der Waals surface area contributed by atoms with Gasteiger partial charge in [-0.05, 0) is 103 Å². The van der Waals surface area contributed by atoms with Crippen LogP contribution in [0.3, 0.4) is 0 Å². The molecule has 11 nitrogen and oxygen atoms in total. The molecule has 616 valence electrons.